The lowest BCUT2D eigenvalue weighted by atomic mass is 10.2. The van der Waals surface area contributed by atoms with Crippen LogP contribution in [0.5, 0.6) is 11.5 Å². The Morgan fingerprint density at radius 1 is 1.33 bits per heavy atom. The Labute approximate surface area is 143 Å². The predicted molar refractivity (Wildman–Crippen MR) is 88.6 cm³/mol. The molecule has 0 saturated carbocycles. The predicted octanol–water partition coefficient (Wildman–Crippen LogP) is 3.15. The third-order valence-corrected chi connectivity index (χ3v) is 3.26. The minimum absolute atomic E-state index is 0.0516. The molecule has 0 bridgehead atoms. The lowest BCUT2D eigenvalue weighted by Gasteiger charge is -2.09. The van der Waals surface area contributed by atoms with Gasteiger partial charge < -0.3 is 15.2 Å². The molecule has 0 spiro atoms. The molecule has 2 N–H and O–H groups in total. The molecule has 2 rings (SSSR count). The zero-order chi connectivity index (χ0) is 17.7. The molecule has 0 aliphatic rings. The van der Waals surface area contributed by atoms with Crippen LogP contribution in [0.1, 0.15) is 17.3 Å². The number of nitro groups is 1. The molecule has 0 saturated heterocycles. The number of hydrogen-bond acceptors (Lipinski definition) is 5. The molecule has 0 aliphatic carbocycles. The molecule has 1 atom stereocenters. The monoisotopic (exact) mass is 350 g/mol. The standard InChI is InChI=1S/C16H15ClN2O5/c1-10(20)9-18-16(21)11-2-5-13(6-3-11)24-15-7-4-12(17)8-14(15)19(22)23/h2-8,10,20H,9H2,1H3,(H,18,21). The van der Waals surface area contributed by atoms with Gasteiger partial charge in [-0.2, -0.15) is 0 Å². The summed E-state index contributed by atoms with van der Waals surface area (Å²) in [5.41, 5.74) is 0.134. The molecule has 7 nitrogen and oxygen atoms in total. The second-order valence-corrected chi connectivity index (χ2v) is 5.49. The molecule has 0 aromatic heterocycles. The minimum atomic E-state index is -0.637. The first-order chi connectivity index (χ1) is 11.4. The second kappa shape index (κ2) is 7.76. The zero-order valence-electron chi connectivity index (χ0n) is 12.7. The largest absolute Gasteiger partial charge is 0.450 e. The molecule has 0 radical (unpaired) electrons. The van der Waals surface area contributed by atoms with Gasteiger partial charge in [0.15, 0.2) is 0 Å². The second-order valence-electron chi connectivity index (χ2n) is 5.05. The van der Waals surface area contributed by atoms with Crippen LogP contribution in [0.4, 0.5) is 5.69 Å². The average Bonchev–Trinajstić information content (AvgIpc) is 2.54. The van der Waals surface area contributed by atoms with Crippen molar-refractivity contribution in [3.8, 4) is 11.5 Å². The Morgan fingerprint density at radius 3 is 2.58 bits per heavy atom. The summed E-state index contributed by atoms with van der Waals surface area (Å²) in [6.45, 7) is 1.71. The van der Waals surface area contributed by atoms with Gasteiger partial charge in [-0.15, -0.1) is 0 Å². The topological polar surface area (TPSA) is 102 Å². The highest BCUT2D eigenvalue weighted by molar-refractivity contribution is 6.30. The van der Waals surface area contributed by atoms with E-state index in [1.165, 1.54) is 42.5 Å². The van der Waals surface area contributed by atoms with Crippen LogP contribution in [0.3, 0.4) is 0 Å². The molecule has 126 valence electrons. The summed E-state index contributed by atoms with van der Waals surface area (Å²) in [5, 5.41) is 23.0. The number of nitrogens with zero attached hydrogens (tertiary/aromatic N) is 1. The number of benzene rings is 2. The number of carbonyl (C=O) groups excluding carboxylic acids is 1. The molecule has 8 heteroatoms. The molecule has 2 aromatic carbocycles. The summed E-state index contributed by atoms with van der Waals surface area (Å²) in [5.74, 6) is 0.0585. The fourth-order valence-corrected chi connectivity index (χ4v) is 2.03. The van der Waals surface area contributed by atoms with Gasteiger partial charge in [0.1, 0.15) is 5.75 Å². The Bertz CT molecular complexity index is 747. The van der Waals surface area contributed by atoms with Gasteiger partial charge in [-0.1, -0.05) is 11.6 Å². The van der Waals surface area contributed by atoms with Crippen molar-refractivity contribution in [3.05, 3.63) is 63.2 Å². The first kappa shape index (κ1) is 17.7. The molecule has 1 amide bonds. The van der Waals surface area contributed by atoms with Gasteiger partial charge in [0.25, 0.3) is 5.91 Å². The van der Waals surface area contributed by atoms with Crippen molar-refractivity contribution in [2.45, 2.75) is 13.0 Å². The number of rotatable bonds is 6. The van der Waals surface area contributed by atoms with E-state index in [1.807, 2.05) is 0 Å². The average molecular weight is 351 g/mol. The lowest BCUT2D eigenvalue weighted by molar-refractivity contribution is -0.385. The third kappa shape index (κ3) is 4.68. The van der Waals surface area contributed by atoms with Crippen molar-refractivity contribution in [2.24, 2.45) is 0 Å². The summed E-state index contributed by atoms with van der Waals surface area (Å²) in [7, 11) is 0. The van der Waals surface area contributed by atoms with Crippen LogP contribution in [0.15, 0.2) is 42.5 Å². The fourth-order valence-electron chi connectivity index (χ4n) is 1.86. The van der Waals surface area contributed by atoms with Gasteiger partial charge in [0, 0.05) is 23.2 Å². The van der Waals surface area contributed by atoms with Gasteiger partial charge in [-0.05, 0) is 43.3 Å². The number of ether oxygens (including phenoxy) is 1. The van der Waals surface area contributed by atoms with Gasteiger partial charge in [0.05, 0.1) is 11.0 Å². The van der Waals surface area contributed by atoms with Gasteiger partial charge >= 0.3 is 5.69 Å². The first-order valence-corrected chi connectivity index (χ1v) is 7.42. The van der Waals surface area contributed by atoms with Gasteiger partial charge in [-0.25, -0.2) is 0 Å². The van der Waals surface area contributed by atoms with E-state index in [1.54, 1.807) is 6.92 Å². The number of halogens is 1. The molecule has 2 aromatic rings. The van der Waals surface area contributed by atoms with E-state index in [0.717, 1.165) is 0 Å². The van der Waals surface area contributed by atoms with Crippen LogP contribution in [0.25, 0.3) is 0 Å². The summed E-state index contributed by atoms with van der Waals surface area (Å²) in [6, 6.07) is 10.2. The van der Waals surface area contributed by atoms with Crippen LogP contribution >= 0.6 is 11.6 Å². The Hall–Kier alpha value is -2.64. The lowest BCUT2D eigenvalue weighted by Crippen LogP contribution is -2.30. The molecule has 24 heavy (non-hydrogen) atoms. The number of nitrogens with one attached hydrogen (secondary N) is 1. The SMILES string of the molecule is CC(O)CNC(=O)c1ccc(Oc2ccc(Cl)cc2[N+](=O)[O-])cc1. The molecule has 0 heterocycles. The maximum Gasteiger partial charge on any atom is 0.313 e. The Balaban J connectivity index is 2.12. The van der Waals surface area contributed by atoms with Crippen molar-refractivity contribution in [1.29, 1.82) is 0 Å². The number of hydrogen-bond donors (Lipinski definition) is 2. The van der Waals surface area contributed by atoms with Crippen LogP contribution < -0.4 is 10.1 Å². The highest BCUT2D eigenvalue weighted by Crippen LogP contribution is 2.33. The van der Waals surface area contributed by atoms with Gasteiger partial charge in [-0.3, -0.25) is 14.9 Å². The Morgan fingerprint density at radius 2 is 2.00 bits per heavy atom. The van der Waals surface area contributed by atoms with E-state index >= 15 is 0 Å². The summed E-state index contributed by atoms with van der Waals surface area (Å²) >= 11 is 5.75. The highest BCUT2D eigenvalue weighted by Gasteiger charge is 2.16. The van der Waals surface area contributed by atoms with E-state index in [-0.39, 0.29) is 28.9 Å². The summed E-state index contributed by atoms with van der Waals surface area (Å²) in [6.07, 6.45) is -0.637. The number of carbonyl (C=O) groups is 1. The number of aliphatic hydroxyl groups excluding tert-OH is 1. The first-order valence-electron chi connectivity index (χ1n) is 7.05. The molecule has 0 fully saturated rings. The number of nitro benzene ring substituents is 1. The minimum Gasteiger partial charge on any atom is -0.450 e. The van der Waals surface area contributed by atoms with Crippen molar-refractivity contribution < 1.29 is 19.6 Å². The van der Waals surface area contributed by atoms with Crippen LogP contribution in [0, 0.1) is 10.1 Å². The maximum absolute atomic E-state index is 11.8. The molecule has 1 unspecified atom stereocenters. The molecule has 0 aliphatic heterocycles. The molecular formula is C16H15ClN2O5. The normalized spacial score (nSPS) is 11.6. The van der Waals surface area contributed by atoms with E-state index in [4.69, 9.17) is 21.4 Å². The zero-order valence-corrected chi connectivity index (χ0v) is 13.5. The quantitative estimate of drug-likeness (QED) is 0.615. The van der Waals surface area contributed by atoms with E-state index in [2.05, 4.69) is 5.32 Å². The Kier molecular flexibility index (Phi) is 5.73. The van der Waals surface area contributed by atoms with Crippen molar-refractivity contribution >= 4 is 23.2 Å². The summed E-state index contributed by atoms with van der Waals surface area (Å²) < 4.78 is 5.49. The van der Waals surface area contributed by atoms with Crippen LogP contribution in [0.2, 0.25) is 5.02 Å². The maximum atomic E-state index is 11.8. The van der Waals surface area contributed by atoms with Crippen molar-refractivity contribution in [3.63, 3.8) is 0 Å². The number of amides is 1. The van der Waals surface area contributed by atoms with Crippen molar-refractivity contribution in [2.75, 3.05) is 6.54 Å². The van der Waals surface area contributed by atoms with Gasteiger partial charge in [0.2, 0.25) is 5.75 Å². The van der Waals surface area contributed by atoms with E-state index in [0.29, 0.717) is 11.3 Å². The van der Waals surface area contributed by atoms with E-state index in [9.17, 15) is 14.9 Å². The van der Waals surface area contributed by atoms with Crippen LogP contribution in [-0.2, 0) is 0 Å². The van der Waals surface area contributed by atoms with Crippen molar-refractivity contribution in [1.82, 2.24) is 5.32 Å². The molecular weight excluding hydrogens is 336 g/mol. The smallest absolute Gasteiger partial charge is 0.313 e. The summed E-state index contributed by atoms with van der Waals surface area (Å²) in [4.78, 5) is 22.3. The number of aliphatic hydroxyl groups is 1. The highest BCUT2D eigenvalue weighted by atomic mass is 35.5. The third-order valence-electron chi connectivity index (χ3n) is 3.02. The van der Waals surface area contributed by atoms with Crippen LogP contribution in [-0.4, -0.2) is 28.6 Å². The fraction of sp³-hybridized carbons (Fsp3) is 0.188. The van der Waals surface area contributed by atoms with E-state index < -0.39 is 11.0 Å².